The van der Waals surface area contributed by atoms with E-state index in [0.29, 0.717) is 0 Å². The van der Waals surface area contributed by atoms with Crippen molar-refractivity contribution in [3.63, 3.8) is 0 Å². The maximum absolute atomic E-state index is 5.38. The topological polar surface area (TPSA) is 21.3 Å². The minimum Gasteiger partial charge on any atom is -0.371 e. The lowest BCUT2D eigenvalue weighted by Crippen LogP contribution is -2.38. The Balaban J connectivity index is 2.31. The molecule has 1 heterocycles. The highest BCUT2D eigenvalue weighted by molar-refractivity contribution is 4.99. The van der Waals surface area contributed by atoms with Crippen LogP contribution in [0.15, 0.2) is 12.2 Å². The molecule has 1 aliphatic heterocycles. The van der Waals surface area contributed by atoms with Gasteiger partial charge in [0.2, 0.25) is 0 Å². The van der Waals surface area contributed by atoms with E-state index in [2.05, 4.69) is 11.9 Å². The van der Waals surface area contributed by atoms with Gasteiger partial charge in [0.25, 0.3) is 0 Å². The van der Waals surface area contributed by atoms with E-state index in [1.54, 1.807) is 0 Å². The Morgan fingerprint density at radius 2 is 2.56 bits per heavy atom. The smallest absolute Gasteiger partial charge is 0.0904 e. The fourth-order valence-electron chi connectivity index (χ4n) is 0.882. The predicted molar refractivity (Wildman–Crippen MR) is 37.4 cm³/mol. The van der Waals surface area contributed by atoms with Gasteiger partial charge in [0.15, 0.2) is 0 Å². The Labute approximate surface area is 55.9 Å². The number of morpholine rings is 1. The molecule has 1 atom stereocenters. The van der Waals surface area contributed by atoms with Crippen LogP contribution in [0.4, 0.5) is 0 Å². The molecule has 1 rings (SSSR count). The van der Waals surface area contributed by atoms with Crippen molar-refractivity contribution in [2.75, 3.05) is 19.7 Å². The van der Waals surface area contributed by atoms with Crippen LogP contribution in [0, 0.1) is 0 Å². The van der Waals surface area contributed by atoms with Gasteiger partial charge in [-0.2, -0.15) is 0 Å². The summed E-state index contributed by atoms with van der Waals surface area (Å²) in [4.78, 5) is 0. The maximum Gasteiger partial charge on any atom is 0.0904 e. The number of rotatable bonds is 1. The minimum atomic E-state index is 0.249. The maximum atomic E-state index is 5.38. The molecule has 52 valence electrons. The van der Waals surface area contributed by atoms with Crippen molar-refractivity contribution >= 4 is 0 Å². The first-order valence-corrected chi connectivity index (χ1v) is 3.28. The van der Waals surface area contributed by atoms with E-state index >= 15 is 0 Å². The summed E-state index contributed by atoms with van der Waals surface area (Å²) >= 11 is 0. The fraction of sp³-hybridized carbons (Fsp3) is 0.714. The molecule has 1 unspecified atom stereocenters. The van der Waals surface area contributed by atoms with Crippen LogP contribution in [0.5, 0.6) is 0 Å². The lowest BCUT2D eigenvalue weighted by Gasteiger charge is -2.23. The van der Waals surface area contributed by atoms with E-state index in [-0.39, 0.29) is 6.10 Å². The van der Waals surface area contributed by atoms with Crippen LogP contribution >= 0.6 is 0 Å². The van der Waals surface area contributed by atoms with Gasteiger partial charge >= 0.3 is 0 Å². The first kappa shape index (κ1) is 6.78. The molecule has 0 bridgehead atoms. The Kier molecular flexibility index (Phi) is 2.25. The summed E-state index contributed by atoms with van der Waals surface area (Å²) in [6, 6.07) is 0. The molecule has 1 N–H and O–H groups in total. The molecular formula is C7H13NO. The van der Waals surface area contributed by atoms with Crippen molar-refractivity contribution < 1.29 is 4.74 Å². The van der Waals surface area contributed by atoms with Crippen LogP contribution in [0.25, 0.3) is 0 Å². The van der Waals surface area contributed by atoms with Crippen LogP contribution < -0.4 is 5.32 Å². The molecule has 0 aromatic rings. The second kappa shape index (κ2) is 2.99. The second-order valence-electron chi connectivity index (χ2n) is 2.41. The summed E-state index contributed by atoms with van der Waals surface area (Å²) in [5, 5.41) is 3.23. The van der Waals surface area contributed by atoms with E-state index < -0.39 is 0 Å². The SMILES string of the molecule is C=C(C)C1CNCCO1. The van der Waals surface area contributed by atoms with Crippen molar-refractivity contribution in [1.82, 2.24) is 5.32 Å². The summed E-state index contributed by atoms with van der Waals surface area (Å²) in [6.07, 6.45) is 0.249. The summed E-state index contributed by atoms with van der Waals surface area (Å²) in [7, 11) is 0. The molecule has 0 aromatic heterocycles. The van der Waals surface area contributed by atoms with Gasteiger partial charge in [-0.25, -0.2) is 0 Å². The number of ether oxygens (including phenoxy) is 1. The largest absolute Gasteiger partial charge is 0.371 e. The zero-order valence-electron chi connectivity index (χ0n) is 5.81. The zero-order valence-corrected chi connectivity index (χ0v) is 5.81. The number of hydrogen-bond donors (Lipinski definition) is 1. The zero-order chi connectivity index (χ0) is 6.69. The normalized spacial score (nSPS) is 27.9. The fourth-order valence-corrected chi connectivity index (χ4v) is 0.882. The summed E-state index contributed by atoms with van der Waals surface area (Å²) in [5.41, 5.74) is 1.11. The highest BCUT2D eigenvalue weighted by Gasteiger charge is 2.12. The molecule has 0 saturated carbocycles. The number of hydrogen-bond acceptors (Lipinski definition) is 2. The van der Waals surface area contributed by atoms with Crippen LogP contribution in [-0.4, -0.2) is 25.8 Å². The standard InChI is InChI=1S/C7H13NO/c1-6(2)7-5-8-3-4-9-7/h7-8H,1,3-5H2,2H3. The van der Waals surface area contributed by atoms with Gasteiger partial charge in [0.1, 0.15) is 0 Å². The third-order valence-electron chi connectivity index (χ3n) is 1.48. The van der Waals surface area contributed by atoms with Gasteiger partial charge < -0.3 is 10.1 Å². The van der Waals surface area contributed by atoms with E-state index in [1.165, 1.54) is 0 Å². The molecule has 0 spiro atoms. The van der Waals surface area contributed by atoms with Gasteiger partial charge in [0, 0.05) is 13.1 Å². The average Bonchev–Trinajstić information content (AvgIpc) is 1.90. The van der Waals surface area contributed by atoms with Crippen molar-refractivity contribution in [3.8, 4) is 0 Å². The Hall–Kier alpha value is -0.340. The molecule has 0 aromatic carbocycles. The molecule has 1 aliphatic rings. The molecule has 9 heavy (non-hydrogen) atoms. The van der Waals surface area contributed by atoms with Crippen LogP contribution in [0.2, 0.25) is 0 Å². The highest BCUT2D eigenvalue weighted by atomic mass is 16.5. The van der Waals surface area contributed by atoms with Gasteiger partial charge in [-0.05, 0) is 6.92 Å². The monoisotopic (exact) mass is 127 g/mol. The Morgan fingerprint density at radius 1 is 1.78 bits per heavy atom. The molecule has 1 fully saturated rings. The van der Waals surface area contributed by atoms with Crippen molar-refractivity contribution in [3.05, 3.63) is 12.2 Å². The van der Waals surface area contributed by atoms with Gasteiger partial charge in [-0.3, -0.25) is 0 Å². The minimum absolute atomic E-state index is 0.249. The number of nitrogens with one attached hydrogen (secondary N) is 1. The lowest BCUT2D eigenvalue weighted by molar-refractivity contribution is 0.0521. The first-order valence-electron chi connectivity index (χ1n) is 3.28. The first-order chi connectivity index (χ1) is 4.30. The third kappa shape index (κ3) is 1.80. The molecular weight excluding hydrogens is 114 g/mol. The van der Waals surface area contributed by atoms with Crippen molar-refractivity contribution in [2.45, 2.75) is 13.0 Å². The Morgan fingerprint density at radius 3 is 2.89 bits per heavy atom. The predicted octanol–water partition coefficient (Wildman–Crippen LogP) is 0.551. The van der Waals surface area contributed by atoms with Crippen molar-refractivity contribution in [2.24, 2.45) is 0 Å². The molecule has 0 aliphatic carbocycles. The molecule has 0 radical (unpaired) electrons. The van der Waals surface area contributed by atoms with Gasteiger partial charge in [-0.15, -0.1) is 0 Å². The highest BCUT2D eigenvalue weighted by Crippen LogP contribution is 2.04. The average molecular weight is 127 g/mol. The van der Waals surface area contributed by atoms with E-state index in [9.17, 15) is 0 Å². The van der Waals surface area contributed by atoms with E-state index in [4.69, 9.17) is 4.74 Å². The third-order valence-corrected chi connectivity index (χ3v) is 1.48. The Bertz CT molecular complexity index is 105. The molecule has 2 heteroatoms. The van der Waals surface area contributed by atoms with E-state index in [0.717, 1.165) is 25.3 Å². The second-order valence-corrected chi connectivity index (χ2v) is 2.41. The lowest BCUT2D eigenvalue weighted by atomic mass is 10.2. The van der Waals surface area contributed by atoms with Gasteiger partial charge in [0.05, 0.1) is 12.7 Å². The van der Waals surface area contributed by atoms with Gasteiger partial charge in [-0.1, -0.05) is 12.2 Å². The van der Waals surface area contributed by atoms with Crippen LogP contribution in [-0.2, 0) is 4.74 Å². The summed E-state index contributed by atoms with van der Waals surface area (Å²) in [5.74, 6) is 0. The quantitative estimate of drug-likeness (QED) is 0.519. The van der Waals surface area contributed by atoms with Crippen molar-refractivity contribution in [1.29, 1.82) is 0 Å². The summed E-state index contributed by atoms with van der Waals surface area (Å²) in [6.45, 7) is 8.53. The summed E-state index contributed by atoms with van der Waals surface area (Å²) < 4.78 is 5.38. The molecule has 2 nitrogen and oxygen atoms in total. The van der Waals surface area contributed by atoms with Crippen LogP contribution in [0.1, 0.15) is 6.92 Å². The van der Waals surface area contributed by atoms with E-state index in [1.807, 2.05) is 6.92 Å². The molecule has 0 amide bonds. The molecule has 1 saturated heterocycles. The van der Waals surface area contributed by atoms with Crippen LogP contribution in [0.3, 0.4) is 0 Å².